The zero-order valence-corrected chi connectivity index (χ0v) is 16.6. The molecule has 1 N–H and O–H groups in total. The SMILES string of the molecule is C[C@]12CCC(=NOC3CNC3)CC1C(=O)C[C@@H]1[C@H]2CC[C@]2(C)C(=O)CC[C@@H]12. The lowest BCUT2D eigenvalue weighted by Gasteiger charge is -2.58. The smallest absolute Gasteiger partial charge is 0.152 e. The molecule has 4 saturated carbocycles. The third kappa shape index (κ3) is 2.56. The fraction of sp³-hybridized carbons (Fsp3) is 0.864. The van der Waals surface area contributed by atoms with E-state index in [9.17, 15) is 9.59 Å². The minimum atomic E-state index is -0.156. The van der Waals surface area contributed by atoms with E-state index < -0.39 is 0 Å². The Balaban J connectivity index is 1.37. The summed E-state index contributed by atoms with van der Waals surface area (Å²) in [7, 11) is 0. The molecule has 4 aliphatic carbocycles. The first-order valence-electron chi connectivity index (χ1n) is 10.9. The van der Waals surface area contributed by atoms with Crippen molar-refractivity contribution in [3.05, 3.63) is 0 Å². The number of hydrogen-bond donors (Lipinski definition) is 1. The summed E-state index contributed by atoms with van der Waals surface area (Å²) >= 11 is 0. The fourth-order valence-electron chi connectivity index (χ4n) is 7.19. The number of nitrogens with zero attached hydrogens (tertiary/aromatic N) is 1. The maximum Gasteiger partial charge on any atom is 0.152 e. The van der Waals surface area contributed by atoms with Gasteiger partial charge in [0.05, 0.1) is 5.71 Å². The van der Waals surface area contributed by atoms with Crippen LogP contribution in [0.15, 0.2) is 5.16 Å². The topological polar surface area (TPSA) is 67.8 Å². The summed E-state index contributed by atoms with van der Waals surface area (Å²) in [5, 5.41) is 7.61. The van der Waals surface area contributed by atoms with Crippen molar-refractivity contribution in [1.82, 2.24) is 5.32 Å². The van der Waals surface area contributed by atoms with Crippen molar-refractivity contribution in [2.45, 2.75) is 71.3 Å². The number of fused-ring (bicyclic) bond motifs is 5. The second kappa shape index (κ2) is 6.13. The average molecular weight is 373 g/mol. The average Bonchev–Trinajstić information content (AvgIpc) is 2.90. The molecular formula is C22H32N2O3. The highest BCUT2D eigenvalue weighted by Crippen LogP contribution is 2.64. The lowest BCUT2D eigenvalue weighted by atomic mass is 9.45. The zero-order valence-electron chi connectivity index (χ0n) is 16.6. The largest absolute Gasteiger partial charge is 0.390 e. The maximum absolute atomic E-state index is 13.2. The molecule has 0 aromatic heterocycles. The second-order valence-electron chi connectivity index (χ2n) is 10.3. The number of carbonyl (C=O) groups is 2. The number of ketones is 2. The Bertz CT molecular complexity index is 700. The molecule has 5 heteroatoms. The third-order valence-electron chi connectivity index (χ3n) is 9.08. The van der Waals surface area contributed by atoms with Crippen LogP contribution in [0.1, 0.15) is 65.2 Å². The molecule has 0 aromatic carbocycles. The van der Waals surface area contributed by atoms with E-state index in [1.54, 1.807) is 0 Å². The summed E-state index contributed by atoms with van der Waals surface area (Å²) in [6.45, 7) is 6.29. The molecule has 0 radical (unpaired) electrons. The Morgan fingerprint density at radius 3 is 2.59 bits per heavy atom. The van der Waals surface area contributed by atoms with Gasteiger partial charge < -0.3 is 10.2 Å². The molecule has 0 spiro atoms. The molecule has 5 fully saturated rings. The van der Waals surface area contributed by atoms with E-state index >= 15 is 0 Å². The van der Waals surface area contributed by atoms with E-state index in [1.807, 2.05) is 0 Å². The number of rotatable bonds is 2. The quantitative estimate of drug-likeness (QED) is 0.756. The first-order chi connectivity index (χ1) is 12.9. The van der Waals surface area contributed by atoms with E-state index in [2.05, 4.69) is 24.3 Å². The van der Waals surface area contributed by atoms with Crippen LogP contribution in [0.5, 0.6) is 0 Å². The van der Waals surface area contributed by atoms with Crippen LogP contribution in [0.2, 0.25) is 0 Å². The van der Waals surface area contributed by atoms with Gasteiger partial charge in [0.1, 0.15) is 11.6 Å². The van der Waals surface area contributed by atoms with Gasteiger partial charge in [-0.25, -0.2) is 0 Å². The highest BCUT2D eigenvalue weighted by atomic mass is 16.6. The highest BCUT2D eigenvalue weighted by molar-refractivity contribution is 5.93. The van der Waals surface area contributed by atoms with E-state index in [4.69, 9.17) is 4.84 Å². The summed E-state index contributed by atoms with van der Waals surface area (Å²) in [5.41, 5.74) is 0.994. The molecule has 1 saturated heterocycles. The van der Waals surface area contributed by atoms with Gasteiger partial charge in [0.2, 0.25) is 0 Å². The van der Waals surface area contributed by atoms with E-state index in [0.29, 0.717) is 35.7 Å². The summed E-state index contributed by atoms with van der Waals surface area (Å²) in [4.78, 5) is 31.4. The Morgan fingerprint density at radius 2 is 1.85 bits per heavy atom. The minimum Gasteiger partial charge on any atom is -0.390 e. The summed E-state index contributed by atoms with van der Waals surface area (Å²) in [5.74, 6) is 2.39. The zero-order chi connectivity index (χ0) is 18.8. The predicted octanol–water partition coefficient (Wildman–Crippen LogP) is 3.12. The van der Waals surface area contributed by atoms with Crippen LogP contribution >= 0.6 is 0 Å². The molecule has 5 aliphatic rings. The summed E-state index contributed by atoms with van der Waals surface area (Å²) in [6, 6.07) is 0. The van der Waals surface area contributed by atoms with Crippen molar-refractivity contribution >= 4 is 17.3 Å². The van der Waals surface area contributed by atoms with Crippen molar-refractivity contribution in [3.63, 3.8) is 0 Å². The normalized spacial score (nSPS) is 48.6. The number of Topliss-reactive ketones (excluding diaryl/α,β-unsaturated/α-hetero) is 2. The van der Waals surface area contributed by atoms with Gasteiger partial charge in [0.15, 0.2) is 6.10 Å². The van der Waals surface area contributed by atoms with Crippen LogP contribution in [0.4, 0.5) is 0 Å². The van der Waals surface area contributed by atoms with Crippen LogP contribution in [0, 0.1) is 34.5 Å². The molecule has 0 amide bonds. The Kier molecular flexibility index (Phi) is 4.05. The van der Waals surface area contributed by atoms with Crippen molar-refractivity contribution in [1.29, 1.82) is 0 Å². The van der Waals surface area contributed by atoms with Gasteiger partial charge in [0.25, 0.3) is 0 Å². The van der Waals surface area contributed by atoms with Gasteiger partial charge in [-0.3, -0.25) is 9.59 Å². The molecule has 1 aliphatic heterocycles. The van der Waals surface area contributed by atoms with Crippen LogP contribution in [0.25, 0.3) is 0 Å². The molecule has 27 heavy (non-hydrogen) atoms. The molecule has 1 unspecified atom stereocenters. The fourth-order valence-corrected chi connectivity index (χ4v) is 7.19. The van der Waals surface area contributed by atoms with Crippen molar-refractivity contribution in [2.24, 2.45) is 39.7 Å². The molecule has 6 atom stereocenters. The Morgan fingerprint density at radius 1 is 1.04 bits per heavy atom. The first-order valence-corrected chi connectivity index (χ1v) is 10.9. The monoisotopic (exact) mass is 372 g/mol. The van der Waals surface area contributed by atoms with E-state index in [-0.39, 0.29) is 22.9 Å². The summed E-state index contributed by atoms with van der Waals surface area (Å²) < 4.78 is 0. The number of oxime groups is 1. The molecule has 5 rings (SSSR count). The number of hydrogen-bond acceptors (Lipinski definition) is 5. The van der Waals surface area contributed by atoms with Crippen LogP contribution in [-0.4, -0.2) is 36.5 Å². The Labute approximate surface area is 161 Å². The third-order valence-corrected chi connectivity index (χ3v) is 9.08. The van der Waals surface area contributed by atoms with Crippen LogP contribution in [0.3, 0.4) is 0 Å². The van der Waals surface area contributed by atoms with Gasteiger partial charge in [-0.2, -0.15) is 0 Å². The van der Waals surface area contributed by atoms with Crippen molar-refractivity contribution in [2.75, 3.05) is 13.1 Å². The lowest BCUT2D eigenvalue weighted by Crippen LogP contribution is -2.56. The first kappa shape index (κ1) is 17.8. The van der Waals surface area contributed by atoms with Gasteiger partial charge in [0, 0.05) is 37.3 Å². The van der Waals surface area contributed by atoms with E-state index in [1.165, 1.54) is 0 Å². The Hall–Kier alpha value is -1.23. The molecule has 148 valence electrons. The minimum absolute atomic E-state index is 0.0734. The number of nitrogens with one attached hydrogen (secondary N) is 1. The van der Waals surface area contributed by atoms with Gasteiger partial charge in [-0.1, -0.05) is 19.0 Å². The van der Waals surface area contributed by atoms with Crippen LogP contribution < -0.4 is 5.32 Å². The van der Waals surface area contributed by atoms with Crippen molar-refractivity contribution < 1.29 is 14.4 Å². The molecule has 0 bridgehead atoms. The van der Waals surface area contributed by atoms with E-state index in [0.717, 1.165) is 63.7 Å². The molecular weight excluding hydrogens is 340 g/mol. The molecule has 1 heterocycles. The number of carbonyl (C=O) groups excluding carboxylic acids is 2. The van der Waals surface area contributed by atoms with Crippen molar-refractivity contribution in [3.8, 4) is 0 Å². The standard InChI is InChI=1S/C22H32N2O3/c1-21-7-5-13(24-27-14-11-23-12-14)9-18(21)19(25)10-15-16-3-4-20(26)22(16,2)8-6-17(15)21/h14-18,23H,3-12H2,1-2H3/t15-,16-,17+,18?,21+,22-/m0/s1. The van der Waals surface area contributed by atoms with Gasteiger partial charge in [-0.05, 0) is 61.7 Å². The second-order valence-corrected chi connectivity index (χ2v) is 10.3. The molecule has 0 aromatic rings. The molecule has 5 nitrogen and oxygen atoms in total. The summed E-state index contributed by atoms with van der Waals surface area (Å²) in [6.07, 6.45) is 7.50. The van der Waals surface area contributed by atoms with Crippen LogP contribution in [-0.2, 0) is 14.4 Å². The highest BCUT2D eigenvalue weighted by Gasteiger charge is 2.62. The maximum atomic E-state index is 13.2. The van der Waals surface area contributed by atoms with Gasteiger partial charge in [-0.15, -0.1) is 0 Å². The van der Waals surface area contributed by atoms with Gasteiger partial charge >= 0.3 is 0 Å². The lowest BCUT2D eigenvalue weighted by molar-refractivity contribution is -0.152. The predicted molar refractivity (Wildman–Crippen MR) is 102 cm³/mol.